The van der Waals surface area contributed by atoms with Gasteiger partial charge in [-0.05, 0) is 54.7 Å². The third-order valence-corrected chi connectivity index (χ3v) is 4.45. The van der Waals surface area contributed by atoms with Crippen LogP contribution in [-0.4, -0.2) is 17.0 Å². The lowest BCUT2D eigenvalue weighted by Gasteiger charge is -2.23. The van der Waals surface area contributed by atoms with Crippen LogP contribution >= 0.6 is 0 Å². The first-order valence-corrected chi connectivity index (χ1v) is 7.75. The number of aliphatic carboxylic acids is 1. The molecule has 4 nitrogen and oxygen atoms in total. The van der Waals surface area contributed by atoms with Gasteiger partial charge >= 0.3 is 5.97 Å². The molecule has 1 aliphatic rings. The molecule has 0 bridgehead atoms. The number of benzene rings is 2. The van der Waals surface area contributed by atoms with E-state index in [4.69, 9.17) is 0 Å². The first kappa shape index (κ1) is 16.2. The van der Waals surface area contributed by atoms with Gasteiger partial charge in [-0.1, -0.05) is 24.3 Å². The summed E-state index contributed by atoms with van der Waals surface area (Å²) in [4.78, 5) is 24.2. The Hall–Kier alpha value is -2.69. The van der Waals surface area contributed by atoms with Crippen LogP contribution in [0.15, 0.2) is 42.5 Å². The fourth-order valence-electron chi connectivity index (χ4n) is 3.37. The van der Waals surface area contributed by atoms with Gasteiger partial charge in [0.15, 0.2) is 0 Å². The van der Waals surface area contributed by atoms with Crippen molar-refractivity contribution in [2.75, 3.05) is 5.32 Å². The highest BCUT2D eigenvalue weighted by Gasteiger charge is 2.45. The van der Waals surface area contributed by atoms with Crippen molar-refractivity contribution < 1.29 is 19.1 Å². The van der Waals surface area contributed by atoms with Gasteiger partial charge in [-0.3, -0.25) is 9.59 Å². The van der Waals surface area contributed by atoms with Crippen molar-refractivity contribution >= 4 is 17.6 Å². The number of halogens is 1. The molecular formula is C19H18FNO3. The average molecular weight is 327 g/mol. The van der Waals surface area contributed by atoms with Gasteiger partial charge in [-0.25, -0.2) is 4.39 Å². The van der Waals surface area contributed by atoms with Crippen LogP contribution in [0.25, 0.3) is 0 Å². The van der Waals surface area contributed by atoms with Gasteiger partial charge < -0.3 is 10.4 Å². The number of amides is 1. The second-order valence-electron chi connectivity index (χ2n) is 6.45. The highest BCUT2D eigenvalue weighted by molar-refractivity contribution is 5.94. The normalized spacial score (nSPS) is 14.9. The van der Waals surface area contributed by atoms with Gasteiger partial charge in [-0.2, -0.15) is 0 Å². The molecule has 2 aromatic carbocycles. The topological polar surface area (TPSA) is 66.4 Å². The number of carboxylic acid groups (broad SMARTS) is 1. The number of hydrogen-bond acceptors (Lipinski definition) is 2. The average Bonchev–Trinajstić information content (AvgIpc) is 2.85. The second-order valence-corrected chi connectivity index (χ2v) is 6.45. The lowest BCUT2D eigenvalue weighted by molar-refractivity contribution is -0.150. The lowest BCUT2D eigenvalue weighted by atomic mass is 9.81. The molecule has 0 heterocycles. The van der Waals surface area contributed by atoms with E-state index in [0.29, 0.717) is 24.1 Å². The van der Waals surface area contributed by atoms with Gasteiger partial charge in [0, 0.05) is 12.1 Å². The Morgan fingerprint density at radius 3 is 2.33 bits per heavy atom. The molecule has 0 spiro atoms. The monoisotopic (exact) mass is 327 g/mol. The van der Waals surface area contributed by atoms with Gasteiger partial charge in [0.25, 0.3) is 0 Å². The van der Waals surface area contributed by atoms with E-state index in [9.17, 15) is 19.1 Å². The largest absolute Gasteiger partial charge is 0.481 e. The molecule has 0 radical (unpaired) electrons. The minimum atomic E-state index is -1.14. The van der Waals surface area contributed by atoms with Gasteiger partial charge in [-0.15, -0.1) is 0 Å². The minimum Gasteiger partial charge on any atom is -0.481 e. The highest BCUT2D eigenvalue weighted by Crippen LogP contribution is 2.40. The maximum atomic E-state index is 13.4. The van der Waals surface area contributed by atoms with Crippen molar-refractivity contribution in [3.63, 3.8) is 0 Å². The molecule has 0 aromatic heterocycles. The maximum Gasteiger partial charge on any atom is 0.310 e. The number of fused-ring (bicyclic) bond motifs is 1. The fourth-order valence-corrected chi connectivity index (χ4v) is 3.37. The van der Waals surface area contributed by atoms with E-state index in [2.05, 4.69) is 5.32 Å². The molecule has 1 amide bonds. The van der Waals surface area contributed by atoms with Crippen LogP contribution in [0.5, 0.6) is 0 Å². The maximum absolute atomic E-state index is 13.4. The molecule has 0 saturated carbocycles. The Morgan fingerprint density at radius 2 is 1.79 bits per heavy atom. The summed E-state index contributed by atoms with van der Waals surface area (Å²) in [5, 5.41) is 12.3. The summed E-state index contributed by atoms with van der Waals surface area (Å²) in [5.74, 6) is -1.84. The summed E-state index contributed by atoms with van der Waals surface area (Å²) in [6.45, 7) is 1.73. The van der Waals surface area contributed by atoms with Gasteiger partial charge in [0.05, 0.1) is 5.41 Å². The molecule has 2 aromatic rings. The van der Waals surface area contributed by atoms with Crippen molar-refractivity contribution in [2.24, 2.45) is 5.41 Å². The Labute approximate surface area is 139 Å². The fraction of sp³-hybridized carbons (Fsp3) is 0.263. The Balaban J connectivity index is 1.78. The second kappa shape index (κ2) is 6.07. The zero-order chi connectivity index (χ0) is 17.3. The SMILES string of the molecule is Cc1cc(F)cc(NC(=O)CC2(C(=O)O)Cc3ccccc3C2)c1. The summed E-state index contributed by atoms with van der Waals surface area (Å²) in [5.41, 5.74) is 1.82. The molecule has 1 aliphatic carbocycles. The molecule has 5 heteroatoms. The van der Waals surface area contributed by atoms with Crippen LogP contribution in [0.1, 0.15) is 23.1 Å². The number of aryl methyl sites for hydroxylation is 1. The molecule has 0 saturated heterocycles. The predicted octanol–water partition coefficient (Wildman–Crippen LogP) is 3.33. The molecule has 2 N–H and O–H groups in total. The molecule has 3 rings (SSSR count). The summed E-state index contributed by atoms with van der Waals surface area (Å²) in [6, 6.07) is 11.8. The molecule has 0 atom stereocenters. The van der Waals surface area contributed by atoms with Crippen LogP contribution < -0.4 is 5.32 Å². The van der Waals surface area contributed by atoms with E-state index in [-0.39, 0.29) is 6.42 Å². The third-order valence-electron chi connectivity index (χ3n) is 4.45. The lowest BCUT2D eigenvalue weighted by Crippen LogP contribution is -2.36. The van der Waals surface area contributed by atoms with E-state index >= 15 is 0 Å². The number of carboxylic acids is 1. The van der Waals surface area contributed by atoms with Crippen molar-refractivity contribution in [1.29, 1.82) is 0 Å². The smallest absolute Gasteiger partial charge is 0.310 e. The first-order chi connectivity index (χ1) is 11.4. The van der Waals surface area contributed by atoms with E-state index in [1.807, 2.05) is 24.3 Å². The van der Waals surface area contributed by atoms with Gasteiger partial charge in [0.1, 0.15) is 5.82 Å². The quantitative estimate of drug-likeness (QED) is 0.905. The summed E-state index contributed by atoms with van der Waals surface area (Å²) < 4.78 is 13.4. The Morgan fingerprint density at radius 1 is 1.17 bits per heavy atom. The van der Waals surface area contributed by atoms with Crippen LogP contribution in [0.4, 0.5) is 10.1 Å². The minimum absolute atomic E-state index is 0.146. The molecule has 24 heavy (non-hydrogen) atoms. The van der Waals surface area contributed by atoms with Crippen LogP contribution in [0.2, 0.25) is 0 Å². The molecule has 0 aliphatic heterocycles. The Kier molecular flexibility index (Phi) is 4.09. The van der Waals surface area contributed by atoms with Crippen molar-refractivity contribution in [3.8, 4) is 0 Å². The number of hydrogen-bond donors (Lipinski definition) is 2. The van der Waals surface area contributed by atoms with Crippen LogP contribution in [0.3, 0.4) is 0 Å². The standard InChI is InChI=1S/C19H18FNO3/c1-12-6-15(20)8-16(7-12)21-17(22)11-19(18(23)24)9-13-4-2-3-5-14(13)10-19/h2-8H,9-11H2,1H3,(H,21,22)(H,23,24). The highest BCUT2D eigenvalue weighted by atomic mass is 19.1. The van der Waals surface area contributed by atoms with Crippen LogP contribution in [0, 0.1) is 18.2 Å². The summed E-state index contributed by atoms with van der Waals surface area (Å²) in [6.07, 6.45) is 0.509. The molecule has 124 valence electrons. The number of carbonyl (C=O) groups excluding carboxylic acids is 1. The summed E-state index contributed by atoms with van der Waals surface area (Å²) >= 11 is 0. The van der Waals surface area contributed by atoms with E-state index in [0.717, 1.165) is 11.1 Å². The molecular weight excluding hydrogens is 309 g/mol. The van der Waals surface area contributed by atoms with Crippen molar-refractivity contribution in [3.05, 3.63) is 65.0 Å². The molecule has 0 unspecified atom stereocenters. The number of nitrogens with one attached hydrogen (secondary N) is 1. The first-order valence-electron chi connectivity index (χ1n) is 7.75. The summed E-state index contributed by atoms with van der Waals surface area (Å²) in [7, 11) is 0. The van der Waals surface area contributed by atoms with E-state index in [1.165, 1.54) is 12.1 Å². The third kappa shape index (κ3) is 3.15. The van der Waals surface area contributed by atoms with Crippen molar-refractivity contribution in [1.82, 2.24) is 0 Å². The zero-order valence-corrected chi connectivity index (χ0v) is 13.3. The number of rotatable bonds is 4. The zero-order valence-electron chi connectivity index (χ0n) is 13.3. The van der Waals surface area contributed by atoms with E-state index < -0.39 is 23.1 Å². The molecule has 0 fully saturated rings. The van der Waals surface area contributed by atoms with E-state index in [1.54, 1.807) is 13.0 Å². The van der Waals surface area contributed by atoms with Gasteiger partial charge in [0.2, 0.25) is 5.91 Å². The Bertz CT molecular complexity index is 771. The van der Waals surface area contributed by atoms with Crippen molar-refractivity contribution in [2.45, 2.75) is 26.2 Å². The number of anilines is 1. The predicted molar refractivity (Wildman–Crippen MR) is 88.3 cm³/mol. The number of carbonyl (C=O) groups is 2. The van der Waals surface area contributed by atoms with Crippen LogP contribution in [-0.2, 0) is 22.4 Å².